The number of carbonyl (C=O) groups is 4. The number of amides is 1. The minimum absolute atomic E-state index is 0.0153. The third kappa shape index (κ3) is 6.87. The van der Waals surface area contributed by atoms with Gasteiger partial charge in [0.25, 0.3) is 0 Å². The molecule has 0 heterocycles. The second kappa shape index (κ2) is 10.4. The molecule has 0 unspecified atom stereocenters. The summed E-state index contributed by atoms with van der Waals surface area (Å²) in [5, 5.41) is 2.41. The lowest BCUT2D eigenvalue weighted by Gasteiger charge is -2.12. The van der Waals surface area contributed by atoms with E-state index in [1.165, 1.54) is 13.8 Å². The van der Waals surface area contributed by atoms with E-state index in [1.54, 1.807) is 6.92 Å². The van der Waals surface area contributed by atoms with E-state index in [0.717, 1.165) is 0 Å². The van der Waals surface area contributed by atoms with E-state index in [4.69, 9.17) is 9.47 Å². The maximum Gasteiger partial charge on any atom is 0.423 e. The highest BCUT2D eigenvalue weighted by Crippen LogP contribution is 2.08. The first-order valence-electron chi connectivity index (χ1n) is 6.94. The molecule has 0 saturated heterocycles. The van der Waals surface area contributed by atoms with Crippen molar-refractivity contribution in [2.24, 2.45) is 0 Å². The second-order valence-electron chi connectivity index (χ2n) is 4.08. The summed E-state index contributed by atoms with van der Waals surface area (Å²) in [6.45, 7) is 6.27. The molecular weight excluding hydrogens is 294 g/mol. The minimum Gasteiger partial charge on any atom is -0.460 e. The number of hydrogen-bond donors (Lipinski definition) is 1. The first-order valence-corrected chi connectivity index (χ1v) is 6.94. The average molecular weight is 315 g/mol. The van der Waals surface area contributed by atoms with Gasteiger partial charge in [-0.2, -0.15) is 0 Å². The highest BCUT2D eigenvalue weighted by molar-refractivity contribution is 6.30. The molecule has 0 saturated carbocycles. The lowest BCUT2D eigenvalue weighted by molar-refractivity contribution is -0.167. The molecule has 0 aromatic heterocycles. The molecule has 0 radical (unpaired) electrons. The number of rotatable bonds is 7. The lowest BCUT2D eigenvalue weighted by atomic mass is 10.3. The lowest BCUT2D eigenvalue weighted by Crippen LogP contribution is -2.28. The Morgan fingerprint density at radius 3 is 1.91 bits per heavy atom. The Morgan fingerprint density at radius 1 is 0.864 bits per heavy atom. The van der Waals surface area contributed by atoms with Crippen LogP contribution in [0.3, 0.4) is 0 Å². The van der Waals surface area contributed by atoms with Crippen LogP contribution in [0.1, 0.15) is 40.5 Å². The van der Waals surface area contributed by atoms with Crippen LogP contribution in [-0.4, -0.2) is 37.0 Å². The van der Waals surface area contributed by atoms with Crippen molar-refractivity contribution in [3.05, 3.63) is 11.5 Å². The summed E-state index contributed by atoms with van der Waals surface area (Å²) in [6.07, 6.45) is 0.843. The number of nitrogens with one attached hydrogen (secondary N) is 1. The summed E-state index contributed by atoms with van der Waals surface area (Å²) in [4.78, 5) is 46.1. The zero-order chi connectivity index (χ0) is 17.1. The van der Waals surface area contributed by atoms with Gasteiger partial charge in [0.2, 0.25) is 11.7 Å². The van der Waals surface area contributed by atoms with Crippen LogP contribution in [0, 0.1) is 0 Å². The van der Waals surface area contributed by atoms with Crippen LogP contribution in [0.2, 0.25) is 0 Å². The van der Waals surface area contributed by atoms with Gasteiger partial charge in [-0.15, -0.1) is 0 Å². The number of ether oxygens (including phenoxy) is 3. The van der Waals surface area contributed by atoms with E-state index in [1.807, 2.05) is 6.92 Å². The Morgan fingerprint density at radius 2 is 1.41 bits per heavy atom. The van der Waals surface area contributed by atoms with Crippen LogP contribution in [0.5, 0.6) is 0 Å². The molecule has 0 aromatic carbocycles. The molecule has 0 fully saturated rings. The predicted molar refractivity (Wildman–Crippen MR) is 75.1 cm³/mol. The van der Waals surface area contributed by atoms with Gasteiger partial charge in [0.15, 0.2) is 0 Å². The molecule has 0 atom stereocenters. The molecule has 8 nitrogen and oxygen atoms in total. The summed E-state index contributed by atoms with van der Waals surface area (Å²) in [5.74, 6) is -4.47. The molecule has 124 valence electrons. The molecule has 0 aliphatic heterocycles. The van der Waals surface area contributed by atoms with E-state index in [-0.39, 0.29) is 31.2 Å². The van der Waals surface area contributed by atoms with Gasteiger partial charge >= 0.3 is 17.9 Å². The maximum atomic E-state index is 11.8. The number of hydrogen-bond acceptors (Lipinski definition) is 7. The van der Waals surface area contributed by atoms with E-state index >= 15 is 0 Å². The Hall–Kier alpha value is -2.38. The molecule has 22 heavy (non-hydrogen) atoms. The van der Waals surface area contributed by atoms with Crippen molar-refractivity contribution in [3.63, 3.8) is 0 Å². The van der Waals surface area contributed by atoms with Gasteiger partial charge in [0.05, 0.1) is 18.9 Å². The fraction of sp³-hybridized carbons (Fsp3) is 0.571. The maximum absolute atomic E-state index is 11.8. The number of allylic oxidation sites excluding steroid dienone is 1. The van der Waals surface area contributed by atoms with Crippen LogP contribution in [0.15, 0.2) is 11.5 Å². The van der Waals surface area contributed by atoms with Gasteiger partial charge in [0, 0.05) is 6.42 Å². The summed E-state index contributed by atoms with van der Waals surface area (Å²) < 4.78 is 13.9. The third-order valence-electron chi connectivity index (χ3n) is 2.24. The monoisotopic (exact) mass is 315 g/mol. The Bertz CT molecular complexity index is 468. The highest BCUT2D eigenvalue weighted by Gasteiger charge is 2.26. The van der Waals surface area contributed by atoms with Gasteiger partial charge in [-0.05, 0) is 27.2 Å². The minimum atomic E-state index is -1.37. The zero-order valence-corrected chi connectivity index (χ0v) is 13.2. The van der Waals surface area contributed by atoms with Crippen molar-refractivity contribution in [2.45, 2.75) is 40.5 Å². The molecule has 0 rings (SSSR count). The average Bonchev–Trinajstić information content (AvgIpc) is 2.44. The quantitative estimate of drug-likeness (QED) is 0.243. The molecule has 0 aliphatic carbocycles. The molecule has 1 amide bonds. The Balaban J connectivity index is 5.19. The van der Waals surface area contributed by atoms with Crippen molar-refractivity contribution < 1.29 is 33.4 Å². The number of carbonyl (C=O) groups excluding carboxylic acids is 4. The van der Waals surface area contributed by atoms with E-state index in [9.17, 15) is 19.2 Å². The highest BCUT2D eigenvalue weighted by atomic mass is 16.6. The van der Waals surface area contributed by atoms with Crippen molar-refractivity contribution in [1.82, 2.24) is 5.32 Å². The standard InChI is InChI=1S/C14H21NO7/c1-5-8-10(16)15-9(4)11(12(17)20-6-2)22-14(19)13(18)21-7-3/h5-8H2,1-4H3,(H,15,16)/b11-9+. The van der Waals surface area contributed by atoms with Gasteiger partial charge in [-0.1, -0.05) is 6.92 Å². The molecule has 1 N–H and O–H groups in total. The van der Waals surface area contributed by atoms with Crippen molar-refractivity contribution in [1.29, 1.82) is 0 Å². The summed E-state index contributed by atoms with van der Waals surface area (Å²) in [7, 11) is 0. The van der Waals surface area contributed by atoms with Gasteiger partial charge in [-0.25, -0.2) is 14.4 Å². The zero-order valence-electron chi connectivity index (χ0n) is 13.2. The SMILES string of the molecule is CCCC(=O)N/C(C)=C(/OC(=O)C(=O)OCC)C(=O)OCC. The van der Waals surface area contributed by atoms with Gasteiger partial charge in [0.1, 0.15) is 0 Å². The Kier molecular flexibility index (Phi) is 9.24. The predicted octanol–water partition coefficient (Wildman–Crippen LogP) is 0.804. The van der Waals surface area contributed by atoms with Crippen LogP contribution in [0.4, 0.5) is 0 Å². The molecule has 0 bridgehead atoms. The first kappa shape index (κ1) is 19.6. The molecule has 8 heteroatoms. The molecule has 0 aromatic rings. The summed E-state index contributed by atoms with van der Waals surface area (Å²) >= 11 is 0. The second-order valence-corrected chi connectivity index (χ2v) is 4.08. The third-order valence-corrected chi connectivity index (χ3v) is 2.24. The topological polar surface area (TPSA) is 108 Å². The van der Waals surface area contributed by atoms with Crippen LogP contribution < -0.4 is 5.32 Å². The largest absolute Gasteiger partial charge is 0.460 e. The van der Waals surface area contributed by atoms with Crippen molar-refractivity contribution >= 4 is 23.8 Å². The fourth-order valence-corrected chi connectivity index (χ4v) is 1.35. The molecule has 0 spiro atoms. The van der Waals surface area contributed by atoms with Gasteiger partial charge < -0.3 is 19.5 Å². The van der Waals surface area contributed by atoms with Crippen LogP contribution in [0.25, 0.3) is 0 Å². The van der Waals surface area contributed by atoms with E-state index < -0.39 is 23.7 Å². The summed E-state index contributed by atoms with van der Waals surface area (Å²) in [5.41, 5.74) is -0.0189. The smallest absolute Gasteiger partial charge is 0.423 e. The first-order chi connectivity index (χ1) is 10.4. The number of esters is 3. The van der Waals surface area contributed by atoms with E-state index in [2.05, 4.69) is 10.1 Å². The van der Waals surface area contributed by atoms with Crippen LogP contribution in [-0.2, 0) is 33.4 Å². The van der Waals surface area contributed by atoms with E-state index in [0.29, 0.717) is 6.42 Å². The van der Waals surface area contributed by atoms with Crippen LogP contribution >= 0.6 is 0 Å². The Labute approximate surface area is 128 Å². The normalized spacial score (nSPS) is 11.1. The van der Waals surface area contributed by atoms with Crippen molar-refractivity contribution in [2.75, 3.05) is 13.2 Å². The van der Waals surface area contributed by atoms with Crippen molar-refractivity contribution in [3.8, 4) is 0 Å². The molecular formula is C14H21NO7. The molecule has 0 aliphatic rings. The van der Waals surface area contributed by atoms with Gasteiger partial charge in [-0.3, -0.25) is 4.79 Å². The fourth-order valence-electron chi connectivity index (χ4n) is 1.35. The summed E-state index contributed by atoms with van der Waals surface area (Å²) in [6, 6.07) is 0.